The fourth-order valence-electron chi connectivity index (χ4n) is 3.91. The third kappa shape index (κ3) is 4.89. The predicted octanol–water partition coefficient (Wildman–Crippen LogP) is 4.02. The fourth-order valence-corrected chi connectivity index (χ4v) is 3.91. The van der Waals surface area contributed by atoms with Gasteiger partial charge in [0.15, 0.2) is 0 Å². The number of nitrogens with zero attached hydrogens (tertiary/aromatic N) is 2. The molecule has 1 saturated heterocycles. The average molecular weight is 391 g/mol. The Bertz CT molecular complexity index is 964. The highest BCUT2D eigenvalue weighted by Crippen LogP contribution is 2.22. The number of anilines is 1. The Hall–Kier alpha value is -2.56. The highest BCUT2D eigenvalue weighted by molar-refractivity contribution is 5.83. The van der Waals surface area contributed by atoms with Gasteiger partial charge < -0.3 is 14.7 Å². The first-order valence-electron chi connectivity index (χ1n) is 10.4. The molecule has 0 bridgehead atoms. The molecule has 0 saturated carbocycles. The number of fused-ring (bicyclic) bond motifs is 1. The lowest BCUT2D eigenvalue weighted by atomic mass is 10.1. The summed E-state index contributed by atoms with van der Waals surface area (Å²) >= 11 is 0. The lowest BCUT2D eigenvalue weighted by molar-refractivity contribution is 0.0663. The molecule has 3 aromatic rings. The first-order chi connectivity index (χ1) is 14.1. The average Bonchev–Trinajstić information content (AvgIpc) is 2.75. The molecule has 0 radical (unpaired) electrons. The molecule has 0 aliphatic carbocycles. The van der Waals surface area contributed by atoms with E-state index in [0.717, 1.165) is 37.3 Å². The van der Waals surface area contributed by atoms with Crippen LogP contribution in [0, 0.1) is 13.8 Å². The van der Waals surface area contributed by atoms with Crippen LogP contribution in [0.3, 0.4) is 0 Å². The lowest BCUT2D eigenvalue weighted by Crippen LogP contribution is -2.49. The van der Waals surface area contributed by atoms with Crippen molar-refractivity contribution >= 4 is 16.5 Å². The van der Waals surface area contributed by atoms with Gasteiger partial charge in [0, 0.05) is 38.4 Å². The van der Waals surface area contributed by atoms with Crippen LogP contribution in [0.1, 0.15) is 11.1 Å². The van der Waals surface area contributed by atoms with Crippen LogP contribution < -0.4 is 9.64 Å². The van der Waals surface area contributed by atoms with E-state index in [9.17, 15) is 5.11 Å². The summed E-state index contributed by atoms with van der Waals surface area (Å²) in [5, 5.41) is 12.8. The summed E-state index contributed by atoms with van der Waals surface area (Å²) in [4.78, 5) is 4.76. The Morgan fingerprint density at radius 3 is 2.38 bits per heavy atom. The van der Waals surface area contributed by atoms with Crippen LogP contribution in [0.2, 0.25) is 0 Å². The fraction of sp³-hybridized carbons (Fsp3) is 0.360. The van der Waals surface area contributed by atoms with Gasteiger partial charge in [0.2, 0.25) is 0 Å². The van der Waals surface area contributed by atoms with Crippen molar-refractivity contribution < 1.29 is 9.84 Å². The minimum atomic E-state index is -0.491. The van der Waals surface area contributed by atoms with Gasteiger partial charge in [-0.3, -0.25) is 4.90 Å². The molecule has 0 aromatic heterocycles. The van der Waals surface area contributed by atoms with E-state index < -0.39 is 6.10 Å². The van der Waals surface area contributed by atoms with Crippen molar-refractivity contribution in [2.24, 2.45) is 0 Å². The topological polar surface area (TPSA) is 35.9 Å². The van der Waals surface area contributed by atoms with Gasteiger partial charge in [-0.25, -0.2) is 0 Å². The number of aryl methyl sites for hydroxylation is 2. The zero-order valence-corrected chi connectivity index (χ0v) is 17.3. The number of aliphatic hydroxyl groups excluding tert-OH is 1. The van der Waals surface area contributed by atoms with Crippen LogP contribution in [-0.4, -0.2) is 55.4 Å². The Labute approximate surface area is 173 Å². The third-order valence-corrected chi connectivity index (χ3v) is 5.86. The maximum atomic E-state index is 10.4. The molecule has 1 aliphatic rings. The summed E-state index contributed by atoms with van der Waals surface area (Å²) in [6.07, 6.45) is -0.491. The van der Waals surface area contributed by atoms with E-state index in [1.54, 1.807) is 0 Å². The van der Waals surface area contributed by atoms with Crippen molar-refractivity contribution in [2.45, 2.75) is 20.0 Å². The Kier molecular flexibility index (Phi) is 6.02. The quantitative estimate of drug-likeness (QED) is 0.690. The van der Waals surface area contributed by atoms with Crippen molar-refractivity contribution in [1.82, 2.24) is 4.90 Å². The summed E-state index contributed by atoms with van der Waals surface area (Å²) in [7, 11) is 0. The molecule has 0 unspecified atom stereocenters. The van der Waals surface area contributed by atoms with Gasteiger partial charge in [0.05, 0.1) is 0 Å². The second-order valence-corrected chi connectivity index (χ2v) is 8.03. The molecule has 3 aromatic carbocycles. The molecule has 0 spiro atoms. The molecule has 29 heavy (non-hydrogen) atoms. The van der Waals surface area contributed by atoms with Crippen molar-refractivity contribution in [2.75, 3.05) is 44.2 Å². The molecule has 1 heterocycles. The van der Waals surface area contributed by atoms with Gasteiger partial charge in [0.25, 0.3) is 0 Å². The van der Waals surface area contributed by atoms with Crippen molar-refractivity contribution in [3.63, 3.8) is 0 Å². The van der Waals surface area contributed by atoms with Crippen molar-refractivity contribution in [3.05, 3.63) is 71.8 Å². The first-order valence-corrected chi connectivity index (χ1v) is 10.4. The number of piperazine rings is 1. The standard InChI is InChI=1S/C25H30N2O2/c1-19-7-9-23(15-20(19)2)27-13-11-26(12-14-27)17-24(28)18-29-25-10-8-21-5-3-4-6-22(21)16-25/h3-10,15-16,24,28H,11-14,17-18H2,1-2H3/t24-/m0/s1. The van der Waals surface area contributed by atoms with Crippen LogP contribution in [-0.2, 0) is 0 Å². The highest BCUT2D eigenvalue weighted by Gasteiger charge is 2.20. The number of hydrogen-bond acceptors (Lipinski definition) is 4. The second kappa shape index (κ2) is 8.85. The summed E-state index contributed by atoms with van der Waals surface area (Å²) in [5.74, 6) is 0.808. The lowest BCUT2D eigenvalue weighted by Gasteiger charge is -2.37. The van der Waals surface area contributed by atoms with Gasteiger partial charge >= 0.3 is 0 Å². The third-order valence-electron chi connectivity index (χ3n) is 5.86. The number of aliphatic hydroxyl groups is 1. The minimum Gasteiger partial charge on any atom is -0.491 e. The Balaban J connectivity index is 1.25. The van der Waals surface area contributed by atoms with E-state index >= 15 is 0 Å². The molecule has 1 atom stereocenters. The molecule has 1 aliphatic heterocycles. The van der Waals surface area contributed by atoms with E-state index in [1.807, 2.05) is 24.3 Å². The normalized spacial score (nSPS) is 16.2. The summed E-state index contributed by atoms with van der Waals surface area (Å²) in [6.45, 7) is 9.17. The molecule has 1 N–H and O–H groups in total. The van der Waals surface area contributed by atoms with Gasteiger partial charge in [-0.15, -0.1) is 0 Å². The number of β-amino-alcohol motifs (C(OH)–C–C–N with tert-alkyl or cyclic N) is 1. The maximum absolute atomic E-state index is 10.4. The smallest absolute Gasteiger partial charge is 0.120 e. The van der Waals surface area contributed by atoms with E-state index in [-0.39, 0.29) is 0 Å². The maximum Gasteiger partial charge on any atom is 0.120 e. The highest BCUT2D eigenvalue weighted by atomic mass is 16.5. The molecule has 4 nitrogen and oxygen atoms in total. The molecular weight excluding hydrogens is 360 g/mol. The van der Waals surface area contributed by atoms with Gasteiger partial charge in [-0.05, 0) is 60.0 Å². The molecule has 4 rings (SSSR count). The molecule has 4 heteroatoms. The van der Waals surface area contributed by atoms with Gasteiger partial charge in [0.1, 0.15) is 18.5 Å². The van der Waals surface area contributed by atoms with Crippen LogP contribution in [0.4, 0.5) is 5.69 Å². The van der Waals surface area contributed by atoms with Crippen molar-refractivity contribution in [1.29, 1.82) is 0 Å². The minimum absolute atomic E-state index is 0.315. The monoisotopic (exact) mass is 390 g/mol. The van der Waals surface area contributed by atoms with E-state index in [2.05, 4.69) is 60.0 Å². The van der Waals surface area contributed by atoms with E-state index in [0.29, 0.717) is 13.2 Å². The Morgan fingerprint density at radius 2 is 1.62 bits per heavy atom. The van der Waals surface area contributed by atoms with Crippen molar-refractivity contribution in [3.8, 4) is 5.75 Å². The van der Waals surface area contributed by atoms with Crippen LogP contribution in [0.25, 0.3) is 10.8 Å². The van der Waals surface area contributed by atoms with E-state index in [1.165, 1.54) is 22.2 Å². The first kappa shape index (κ1) is 19.7. The van der Waals surface area contributed by atoms with E-state index in [4.69, 9.17) is 4.74 Å². The van der Waals surface area contributed by atoms with Gasteiger partial charge in [-0.1, -0.05) is 36.4 Å². The summed E-state index contributed by atoms with van der Waals surface area (Å²) in [6, 6.07) is 21.0. The summed E-state index contributed by atoms with van der Waals surface area (Å²) in [5.41, 5.74) is 3.97. The number of rotatable bonds is 6. The zero-order valence-electron chi connectivity index (χ0n) is 17.3. The van der Waals surface area contributed by atoms with Crippen LogP contribution >= 0.6 is 0 Å². The second-order valence-electron chi connectivity index (χ2n) is 8.03. The SMILES string of the molecule is Cc1ccc(N2CCN(C[C@H](O)COc3ccc4ccccc4c3)CC2)cc1C. The van der Waals surface area contributed by atoms with Crippen LogP contribution in [0.5, 0.6) is 5.75 Å². The number of hydrogen-bond donors (Lipinski definition) is 1. The summed E-state index contributed by atoms with van der Waals surface area (Å²) < 4.78 is 5.85. The molecule has 152 valence electrons. The van der Waals surface area contributed by atoms with Crippen LogP contribution in [0.15, 0.2) is 60.7 Å². The largest absolute Gasteiger partial charge is 0.491 e. The van der Waals surface area contributed by atoms with Gasteiger partial charge in [-0.2, -0.15) is 0 Å². The zero-order chi connectivity index (χ0) is 20.2. The molecule has 1 fully saturated rings. The number of ether oxygens (including phenoxy) is 1. The Morgan fingerprint density at radius 1 is 0.862 bits per heavy atom. The molecular formula is C25H30N2O2. The number of benzene rings is 3. The predicted molar refractivity (Wildman–Crippen MR) is 120 cm³/mol. The molecule has 0 amide bonds.